The van der Waals surface area contributed by atoms with Crippen molar-refractivity contribution in [2.45, 2.75) is 6.61 Å². The van der Waals surface area contributed by atoms with Crippen LogP contribution in [-0.4, -0.2) is 53.6 Å². The fraction of sp³-hybridized carbons (Fsp3) is 0.316. The third-order valence-electron chi connectivity index (χ3n) is 4.73. The van der Waals surface area contributed by atoms with E-state index < -0.39 is 0 Å². The molecule has 1 aromatic carbocycles. The number of hydrogen-bond acceptors (Lipinski definition) is 7. The van der Waals surface area contributed by atoms with E-state index in [4.69, 9.17) is 19.4 Å². The van der Waals surface area contributed by atoms with Gasteiger partial charge in [-0.25, -0.2) is 9.97 Å². The van der Waals surface area contributed by atoms with Crippen molar-refractivity contribution in [3.8, 4) is 11.4 Å². The first-order valence-electron chi connectivity index (χ1n) is 8.88. The van der Waals surface area contributed by atoms with Crippen molar-refractivity contribution in [1.82, 2.24) is 20.2 Å². The molecule has 5 rings (SSSR count). The van der Waals surface area contributed by atoms with Gasteiger partial charge >= 0.3 is 0 Å². The van der Waals surface area contributed by atoms with Crippen LogP contribution in [0.2, 0.25) is 0 Å². The Bertz CT molecular complexity index is 1100. The fourth-order valence-corrected chi connectivity index (χ4v) is 4.54. The maximum atomic E-state index is 5.53. The van der Waals surface area contributed by atoms with Gasteiger partial charge in [0.15, 0.2) is 11.6 Å². The van der Waals surface area contributed by atoms with Crippen LogP contribution in [0.15, 0.2) is 30.5 Å². The highest BCUT2D eigenvalue weighted by Gasteiger charge is 2.21. The molecular weight excluding hydrogens is 362 g/mol. The molecule has 1 saturated heterocycles. The van der Waals surface area contributed by atoms with Gasteiger partial charge in [0.25, 0.3) is 0 Å². The Kier molecular flexibility index (Phi) is 4.23. The normalized spacial score (nSPS) is 15.1. The molecule has 0 radical (unpaired) electrons. The van der Waals surface area contributed by atoms with Crippen molar-refractivity contribution in [2.75, 3.05) is 38.3 Å². The summed E-state index contributed by atoms with van der Waals surface area (Å²) < 4.78 is 12.0. The molecule has 27 heavy (non-hydrogen) atoms. The van der Waals surface area contributed by atoms with Crippen molar-refractivity contribution in [1.29, 1.82) is 0 Å². The van der Waals surface area contributed by atoms with E-state index in [2.05, 4.69) is 21.2 Å². The molecule has 4 aromatic rings. The molecule has 0 saturated carbocycles. The van der Waals surface area contributed by atoms with E-state index in [1.165, 1.54) is 0 Å². The number of hydrogen-bond donors (Lipinski definition) is 1. The number of nitrogens with zero attached hydrogens (tertiary/aromatic N) is 4. The minimum Gasteiger partial charge on any atom is -0.379 e. The molecule has 1 N–H and O–H groups in total. The van der Waals surface area contributed by atoms with Gasteiger partial charge in [-0.1, -0.05) is 12.1 Å². The molecule has 0 spiro atoms. The van der Waals surface area contributed by atoms with Gasteiger partial charge in [0.2, 0.25) is 0 Å². The van der Waals surface area contributed by atoms with Crippen LogP contribution in [0.1, 0.15) is 4.88 Å². The van der Waals surface area contributed by atoms with Gasteiger partial charge in [0.1, 0.15) is 0 Å². The second kappa shape index (κ2) is 6.88. The summed E-state index contributed by atoms with van der Waals surface area (Å²) in [6, 6.07) is 8.16. The molecule has 0 unspecified atom stereocenters. The monoisotopic (exact) mass is 381 g/mol. The number of aromatic amines is 1. The van der Waals surface area contributed by atoms with Crippen LogP contribution in [0.5, 0.6) is 0 Å². The van der Waals surface area contributed by atoms with E-state index in [0.29, 0.717) is 19.8 Å². The van der Waals surface area contributed by atoms with Crippen LogP contribution in [0, 0.1) is 0 Å². The van der Waals surface area contributed by atoms with Crippen molar-refractivity contribution < 1.29 is 9.47 Å². The van der Waals surface area contributed by atoms with Crippen molar-refractivity contribution in [3.63, 3.8) is 0 Å². The molecule has 138 valence electrons. The summed E-state index contributed by atoms with van der Waals surface area (Å²) in [6.07, 6.45) is 1.83. The maximum Gasteiger partial charge on any atom is 0.162 e. The van der Waals surface area contributed by atoms with Gasteiger partial charge in [0, 0.05) is 36.0 Å². The quantitative estimate of drug-likeness (QED) is 0.585. The fourth-order valence-electron chi connectivity index (χ4n) is 3.45. The highest BCUT2D eigenvalue weighted by atomic mass is 32.1. The summed E-state index contributed by atoms with van der Waals surface area (Å²) in [5.74, 6) is 1.70. The average molecular weight is 381 g/mol. The Morgan fingerprint density at radius 3 is 3.00 bits per heavy atom. The third kappa shape index (κ3) is 2.95. The number of morpholine rings is 1. The number of ether oxygens (including phenoxy) is 2. The predicted molar refractivity (Wildman–Crippen MR) is 106 cm³/mol. The lowest BCUT2D eigenvalue weighted by Crippen LogP contribution is -2.36. The lowest BCUT2D eigenvalue weighted by atomic mass is 10.1. The number of anilines is 1. The van der Waals surface area contributed by atoms with Gasteiger partial charge in [-0.2, -0.15) is 5.10 Å². The summed E-state index contributed by atoms with van der Waals surface area (Å²) >= 11 is 1.70. The Morgan fingerprint density at radius 1 is 1.26 bits per heavy atom. The molecule has 0 aliphatic carbocycles. The first kappa shape index (κ1) is 16.6. The number of nitrogens with one attached hydrogen (secondary N) is 1. The molecular formula is C19H19N5O2S. The first-order chi connectivity index (χ1) is 13.3. The van der Waals surface area contributed by atoms with Crippen LogP contribution in [0.25, 0.3) is 32.5 Å². The molecule has 3 aromatic heterocycles. The van der Waals surface area contributed by atoms with Crippen molar-refractivity contribution in [3.05, 3.63) is 35.3 Å². The maximum absolute atomic E-state index is 5.53. The van der Waals surface area contributed by atoms with E-state index >= 15 is 0 Å². The van der Waals surface area contributed by atoms with Gasteiger partial charge in [-0.15, -0.1) is 11.3 Å². The van der Waals surface area contributed by atoms with E-state index in [-0.39, 0.29) is 0 Å². The summed E-state index contributed by atoms with van der Waals surface area (Å²) in [5, 5.41) is 8.21. The first-order valence-corrected chi connectivity index (χ1v) is 9.69. The van der Waals surface area contributed by atoms with Crippen molar-refractivity contribution in [2.24, 2.45) is 0 Å². The number of aromatic nitrogens is 4. The lowest BCUT2D eigenvalue weighted by Gasteiger charge is -2.28. The lowest BCUT2D eigenvalue weighted by molar-refractivity contribution is 0.122. The van der Waals surface area contributed by atoms with Crippen LogP contribution in [-0.2, 0) is 16.1 Å². The third-order valence-corrected chi connectivity index (χ3v) is 5.82. The van der Waals surface area contributed by atoms with Crippen LogP contribution < -0.4 is 4.90 Å². The number of H-pyrrole nitrogens is 1. The topological polar surface area (TPSA) is 76.2 Å². The minimum absolute atomic E-state index is 0.580. The zero-order chi connectivity index (χ0) is 18.2. The molecule has 1 fully saturated rings. The van der Waals surface area contributed by atoms with Gasteiger partial charge in [-0.3, -0.25) is 5.10 Å². The molecule has 0 amide bonds. The molecule has 4 heterocycles. The second-order valence-corrected chi connectivity index (χ2v) is 7.60. The van der Waals surface area contributed by atoms with E-state index in [1.54, 1.807) is 18.4 Å². The van der Waals surface area contributed by atoms with Gasteiger partial charge < -0.3 is 14.4 Å². The number of thiophene rings is 1. The van der Waals surface area contributed by atoms with Crippen LogP contribution >= 0.6 is 11.3 Å². The molecule has 0 atom stereocenters. The number of methoxy groups -OCH3 is 1. The Morgan fingerprint density at radius 2 is 2.15 bits per heavy atom. The smallest absolute Gasteiger partial charge is 0.162 e. The SMILES string of the molecule is COCc1cc2nc(-c3cccc4[nH]ncc34)nc(N3CCOCC3)c2s1. The molecule has 7 nitrogen and oxygen atoms in total. The second-order valence-electron chi connectivity index (χ2n) is 6.47. The van der Waals surface area contributed by atoms with E-state index in [9.17, 15) is 0 Å². The zero-order valence-corrected chi connectivity index (χ0v) is 15.8. The Balaban J connectivity index is 1.71. The Labute approximate surface area is 159 Å². The number of fused-ring (bicyclic) bond motifs is 2. The Hall–Kier alpha value is -2.55. The molecule has 1 aliphatic rings. The summed E-state index contributed by atoms with van der Waals surface area (Å²) in [7, 11) is 1.71. The summed E-state index contributed by atoms with van der Waals surface area (Å²) in [5.41, 5.74) is 2.92. The molecule has 0 bridgehead atoms. The largest absolute Gasteiger partial charge is 0.379 e. The van der Waals surface area contributed by atoms with Crippen LogP contribution in [0.3, 0.4) is 0 Å². The standard InChI is InChI=1S/C19H19N5O2S/c1-25-11-12-9-16-17(27-12)19(24-5-7-26-8-6-24)22-18(21-16)13-3-2-4-15-14(13)10-20-23-15/h2-4,9-10H,5-8,11H2,1H3,(H,20,23). The van der Waals surface area contributed by atoms with Crippen LogP contribution in [0.4, 0.5) is 5.82 Å². The van der Waals surface area contributed by atoms with E-state index in [1.807, 2.05) is 24.4 Å². The van der Waals surface area contributed by atoms with Gasteiger partial charge in [0.05, 0.1) is 41.8 Å². The summed E-state index contributed by atoms with van der Waals surface area (Å²) in [4.78, 5) is 13.3. The van der Waals surface area contributed by atoms with Gasteiger partial charge in [-0.05, 0) is 12.1 Å². The number of benzene rings is 1. The molecule has 1 aliphatic heterocycles. The van der Waals surface area contributed by atoms with E-state index in [0.717, 1.165) is 56.3 Å². The summed E-state index contributed by atoms with van der Waals surface area (Å²) in [6.45, 7) is 3.68. The number of rotatable bonds is 4. The highest BCUT2D eigenvalue weighted by Crippen LogP contribution is 2.36. The highest BCUT2D eigenvalue weighted by molar-refractivity contribution is 7.19. The molecule has 8 heteroatoms. The average Bonchev–Trinajstić information content (AvgIpc) is 3.34. The predicted octanol–water partition coefficient (Wildman–Crippen LogP) is 3.22. The van der Waals surface area contributed by atoms with Crippen molar-refractivity contribution >= 4 is 38.3 Å². The zero-order valence-electron chi connectivity index (χ0n) is 14.9. The minimum atomic E-state index is 0.580.